The number of nitrogens with one attached hydrogen (secondary N) is 2. The molecule has 20 heavy (non-hydrogen) atoms. The van der Waals surface area contributed by atoms with Gasteiger partial charge in [-0.3, -0.25) is 4.57 Å². The molecule has 2 N–H and O–H groups in total. The Morgan fingerprint density at radius 3 is 2.55 bits per heavy atom. The molecule has 0 radical (unpaired) electrons. The molecular weight excluding hydrogens is 282 g/mol. The van der Waals surface area contributed by atoms with Crippen molar-refractivity contribution in [2.75, 3.05) is 6.26 Å². The number of hydrogen-bond acceptors (Lipinski definition) is 4. The van der Waals surface area contributed by atoms with Crippen LogP contribution in [0.25, 0.3) is 21.9 Å². The van der Waals surface area contributed by atoms with Crippen molar-refractivity contribution >= 4 is 32.1 Å². The van der Waals surface area contributed by atoms with Crippen LogP contribution >= 0.6 is 0 Å². The van der Waals surface area contributed by atoms with Crippen LogP contribution in [0.3, 0.4) is 0 Å². The molecule has 1 aromatic carbocycles. The highest BCUT2D eigenvalue weighted by Crippen LogP contribution is 2.17. The minimum Gasteiger partial charge on any atom is -0.748 e. The van der Waals surface area contributed by atoms with E-state index in [-0.39, 0.29) is 5.69 Å². The number of H-pyrrole nitrogens is 2. The lowest BCUT2D eigenvalue weighted by Gasteiger charge is -1.95. The monoisotopic (exact) mass is 295 g/mol. The molecular formula is C12H13N3O4S. The third-order valence-corrected chi connectivity index (χ3v) is 2.69. The van der Waals surface area contributed by atoms with E-state index in [2.05, 4.69) is 9.97 Å². The highest BCUT2D eigenvalue weighted by atomic mass is 32.2. The maximum Gasteiger partial charge on any atom is 0.326 e. The number of para-hydroxylation sites is 1. The Morgan fingerprint density at radius 2 is 1.90 bits per heavy atom. The normalized spacial score (nSPS) is 11.3. The van der Waals surface area contributed by atoms with E-state index in [1.54, 1.807) is 11.6 Å². The zero-order chi connectivity index (χ0) is 14.9. The number of benzene rings is 1. The van der Waals surface area contributed by atoms with Gasteiger partial charge in [-0.2, -0.15) is 0 Å². The van der Waals surface area contributed by atoms with Gasteiger partial charge in [-0.15, -0.1) is 0 Å². The predicted octanol–water partition coefficient (Wildman–Crippen LogP) is -0.00470. The smallest absolute Gasteiger partial charge is 0.326 e. The molecule has 8 heteroatoms. The molecule has 0 saturated carbocycles. The van der Waals surface area contributed by atoms with Crippen molar-refractivity contribution in [1.82, 2.24) is 9.55 Å². The van der Waals surface area contributed by atoms with Gasteiger partial charge in [0.05, 0.1) is 21.0 Å². The number of fused-ring (bicyclic) bond motifs is 3. The molecule has 0 aliphatic rings. The van der Waals surface area contributed by atoms with Crippen LogP contribution in [0.15, 0.2) is 35.3 Å². The average molecular weight is 295 g/mol. The van der Waals surface area contributed by atoms with Gasteiger partial charge < -0.3 is 9.54 Å². The van der Waals surface area contributed by atoms with Crippen LogP contribution < -0.4 is 10.7 Å². The number of rotatable bonds is 0. The van der Waals surface area contributed by atoms with E-state index in [4.69, 9.17) is 13.0 Å². The summed E-state index contributed by atoms with van der Waals surface area (Å²) in [5.74, 6) is 0. The Hall–Kier alpha value is -2.19. The van der Waals surface area contributed by atoms with Gasteiger partial charge in [0, 0.05) is 19.4 Å². The minimum absolute atomic E-state index is 0.0882. The lowest BCUT2D eigenvalue weighted by molar-refractivity contribution is -0.342. The fraction of sp³-hybridized carbons (Fsp3) is 0.167. The summed E-state index contributed by atoms with van der Waals surface area (Å²) in [6.07, 6.45) is 2.42. The van der Waals surface area contributed by atoms with E-state index in [1.165, 1.54) is 0 Å². The molecule has 0 spiro atoms. The number of aromatic amines is 2. The number of hydrogen-bond donors (Lipinski definition) is 1. The summed E-state index contributed by atoms with van der Waals surface area (Å²) in [6.45, 7) is 0. The van der Waals surface area contributed by atoms with Crippen molar-refractivity contribution in [1.29, 1.82) is 0 Å². The van der Waals surface area contributed by atoms with Crippen LogP contribution in [-0.2, 0) is 17.2 Å². The fourth-order valence-electron chi connectivity index (χ4n) is 1.94. The largest absolute Gasteiger partial charge is 0.748 e. The van der Waals surface area contributed by atoms with Crippen molar-refractivity contribution < 1.29 is 18.0 Å². The Kier molecular flexibility index (Phi) is 3.60. The van der Waals surface area contributed by atoms with Crippen molar-refractivity contribution in [2.45, 2.75) is 0 Å². The quantitative estimate of drug-likeness (QED) is 0.588. The van der Waals surface area contributed by atoms with Crippen molar-refractivity contribution in [3.8, 4) is 0 Å². The second kappa shape index (κ2) is 5.06. The molecule has 2 heterocycles. The molecule has 0 bridgehead atoms. The first kappa shape index (κ1) is 14.2. The van der Waals surface area contributed by atoms with E-state index in [1.807, 2.05) is 30.5 Å². The Labute approximate surface area is 114 Å². The van der Waals surface area contributed by atoms with E-state index >= 15 is 0 Å². The van der Waals surface area contributed by atoms with Gasteiger partial charge in [0.15, 0.2) is 6.20 Å². The summed E-state index contributed by atoms with van der Waals surface area (Å²) in [4.78, 5) is 17.4. The Balaban J connectivity index is 0.000000257. The highest BCUT2D eigenvalue weighted by Gasteiger charge is 2.10. The first-order valence-electron chi connectivity index (χ1n) is 5.66. The predicted molar refractivity (Wildman–Crippen MR) is 73.2 cm³/mol. The standard InChI is InChI=1S/C11H9N3O.CH4O3S/c1-14-10-7-4-2-3-5-8(7)12-6-9(10)13-11(14)15;1-5(2,3)4/h2-6H,1H3,(H,13,15);1H3,(H,2,3,4). The van der Waals surface area contributed by atoms with Crippen LogP contribution in [0.5, 0.6) is 0 Å². The van der Waals surface area contributed by atoms with Crippen LogP contribution in [0.1, 0.15) is 0 Å². The molecule has 0 saturated heterocycles. The average Bonchev–Trinajstić information content (AvgIpc) is 2.64. The van der Waals surface area contributed by atoms with E-state index in [0.29, 0.717) is 6.26 Å². The van der Waals surface area contributed by atoms with Crippen molar-refractivity contribution in [2.24, 2.45) is 7.05 Å². The molecule has 0 fully saturated rings. The highest BCUT2D eigenvalue weighted by molar-refractivity contribution is 7.84. The van der Waals surface area contributed by atoms with Crippen molar-refractivity contribution in [3.63, 3.8) is 0 Å². The van der Waals surface area contributed by atoms with Crippen molar-refractivity contribution in [3.05, 3.63) is 40.9 Å². The van der Waals surface area contributed by atoms with Gasteiger partial charge in [-0.1, -0.05) is 12.1 Å². The maximum atomic E-state index is 11.5. The molecule has 7 nitrogen and oxygen atoms in total. The number of imidazole rings is 1. The van der Waals surface area contributed by atoms with Crippen LogP contribution in [0.2, 0.25) is 0 Å². The molecule has 3 aromatic rings. The number of aryl methyl sites for hydroxylation is 1. The maximum absolute atomic E-state index is 11.5. The minimum atomic E-state index is -3.92. The molecule has 0 amide bonds. The summed E-state index contributed by atoms with van der Waals surface area (Å²) < 4.78 is 28.9. The lowest BCUT2D eigenvalue weighted by Crippen LogP contribution is -2.12. The summed E-state index contributed by atoms with van der Waals surface area (Å²) in [7, 11) is -2.15. The zero-order valence-corrected chi connectivity index (χ0v) is 11.7. The van der Waals surface area contributed by atoms with Crippen LogP contribution in [0, 0.1) is 0 Å². The molecule has 0 aliphatic heterocycles. The SMILES string of the molecule is CS(=O)(=O)[O-].Cn1c(=O)[nH]c2c[nH+]c3ccccc3c21. The fourth-order valence-corrected chi connectivity index (χ4v) is 1.94. The van der Waals surface area contributed by atoms with Gasteiger partial charge in [-0.05, 0) is 6.07 Å². The summed E-state index contributed by atoms with van der Waals surface area (Å²) in [5.41, 5.74) is 2.71. The second-order valence-corrected chi connectivity index (χ2v) is 5.70. The van der Waals surface area contributed by atoms with E-state index < -0.39 is 10.1 Å². The van der Waals surface area contributed by atoms with Crippen LogP contribution in [0.4, 0.5) is 0 Å². The van der Waals surface area contributed by atoms with Gasteiger partial charge in [-0.25, -0.2) is 18.2 Å². The molecule has 0 unspecified atom stereocenters. The number of aromatic nitrogens is 3. The van der Waals surface area contributed by atoms with Gasteiger partial charge >= 0.3 is 5.69 Å². The summed E-state index contributed by atoms with van der Waals surface area (Å²) in [5, 5.41) is 1.05. The first-order chi connectivity index (χ1) is 9.27. The summed E-state index contributed by atoms with van der Waals surface area (Å²) >= 11 is 0. The van der Waals surface area contributed by atoms with E-state index in [0.717, 1.165) is 21.9 Å². The number of nitrogens with zero attached hydrogens (tertiary/aromatic N) is 1. The Morgan fingerprint density at radius 1 is 1.30 bits per heavy atom. The first-order valence-corrected chi connectivity index (χ1v) is 7.48. The van der Waals surface area contributed by atoms with Gasteiger partial charge in [0.1, 0.15) is 5.52 Å². The van der Waals surface area contributed by atoms with E-state index in [9.17, 15) is 4.79 Å². The third kappa shape index (κ3) is 3.03. The molecule has 106 valence electrons. The van der Waals surface area contributed by atoms with Gasteiger partial charge in [0.25, 0.3) is 0 Å². The third-order valence-electron chi connectivity index (χ3n) is 2.69. The van der Waals surface area contributed by atoms with Crippen LogP contribution in [-0.4, -0.2) is 28.8 Å². The topological polar surface area (TPSA) is 109 Å². The molecule has 0 aliphatic carbocycles. The lowest BCUT2D eigenvalue weighted by atomic mass is 10.2. The molecule has 0 atom stereocenters. The molecule has 2 aromatic heterocycles. The number of pyridine rings is 1. The molecule has 3 rings (SSSR count). The zero-order valence-electron chi connectivity index (χ0n) is 10.9. The van der Waals surface area contributed by atoms with Gasteiger partial charge in [0.2, 0.25) is 5.52 Å². The summed E-state index contributed by atoms with van der Waals surface area (Å²) in [6, 6.07) is 7.93. The second-order valence-electron chi connectivity index (χ2n) is 4.29. The Bertz CT molecular complexity index is 917.